The van der Waals surface area contributed by atoms with Gasteiger partial charge in [0.1, 0.15) is 5.75 Å². The van der Waals surface area contributed by atoms with Crippen LogP contribution in [-0.4, -0.2) is 58.2 Å². The number of carbonyl (C=O) groups excluding carboxylic acids is 1. The molecule has 7 nitrogen and oxygen atoms in total. The minimum absolute atomic E-state index is 0.0973. The lowest BCUT2D eigenvalue weighted by molar-refractivity contribution is -0.142. The van der Waals surface area contributed by atoms with Crippen molar-refractivity contribution in [2.75, 3.05) is 37.2 Å². The first-order valence-electron chi connectivity index (χ1n) is 10.2. The second-order valence-electron chi connectivity index (χ2n) is 7.48. The molecular weight excluding hydrogens is 404 g/mol. The number of aryl methyl sites for hydroxylation is 1. The molecule has 1 saturated heterocycles. The number of anilines is 1. The fraction of sp³-hybridized carbons (Fsp3) is 0.409. The number of amides is 1. The van der Waals surface area contributed by atoms with E-state index in [-0.39, 0.29) is 10.8 Å². The number of rotatable bonds is 5. The molecule has 8 heteroatoms. The number of carbonyl (C=O) groups is 1. The summed E-state index contributed by atoms with van der Waals surface area (Å²) >= 11 is 0. The van der Waals surface area contributed by atoms with E-state index in [9.17, 15) is 13.2 Å². The third kappa shape index (κ3) is 4.15. The average Bonchev–Trinajstić information content (AvgIpc) is 2.79. The molecule has 1 atom stereocenters. The van der Waals surface area contributed by atoms with Crippen LogP contribution in [0.2, 0.25) is 0 Å². The summed E-state index contributed by atoms with van der Waals surface area (Å²) in [6.45, 7) is 4.34. The summed E-state index contributed by atoms with van der Waals surface area (Å²) in [6, 6.07) is 13.9. The Balaban J connectivity index is 1.47. The molecule has 2 aliphatic heterocycles. The highest BCUT2D eigenvalue weighted by molar-refractivity contribution is 7.92. The van der Waals surface area contributed by atoms with E-state index in [2.05, 4.69) is 0 Å². The zero-order valence-electron chi connectivity index (χ0n) is 17.0. The van der Waals surface area contributed by atoms with Crippen molar-refractivity contribution < 1.29 is 22.7 Å². The number of nitrogens with zero attached hydrogens (tertiary/aromatic N) is 2. The predicted octanol–water partition coefficient (Wildman–Crippen LogP) is 2.45. The topological polar surface area (TPSA) is 76.2 Å². The molecule has 4 rings (SSSR count). The van der Waals surface area contributed by atoms with Crippen molar-refractivity contribution in [1.29, 1.82) is 0 Å². The molecule has 0 aromatic heterocycles. The Morgan fingerprint density at radius 3 is 2.47 bits per heavy atom. The Hall–Kier alpha value is -2.58. The number of ether oxygens (including phenoxy) is 2. The van der Waals surface area contributed by atoms with E-state index in [1.165, 1.54) is 16.4 Å². The van der Waals surface area contributed by atoms with E-state index < -0.39 is 16.1 Å². The van der Waals surface area contributed by atoms with Crippen molar-refractivity contribution in [2.45, 2.75) is 30.8 Å². The van der Waals surface area contributed by atoms with Crippen molar-refractivity contribution in [3.63, 3.8) is 0 Å². The van der Waals surface area contributed by atoms with Crippen molar-refractivity contribution in [2.24, 2.45) is 0 Å². The molecule has 1 fully saturated rings. The number of hydrogen-bond acceptors (Lipinski definition) is 5. The molecule has 0 aliphatic carbocycles. The van der Waals surface area contributed by atoms with Crippen LogP contribution in [0.15, 0.2) is 53.4 Å². The predicted molar refractivity (Wildman–Crippen MR) is 113 cm³/mol. The van der Waals surface area contributed by atoms with Crippen molar-refractivity contribution in [3.8, 4) is 5.75 Å². The Morgan fingerprint density at radius 1 is 1.03 bits per heavy atom. The molecule has 0 saturated carbocycles. The SMILES string of the molecule is C[C@H](Oc1ccc(S(=O)(=O)N2CCCc3ccccc32)cc1)C(=O)N1CCOCC1. The average molecular weight is 431 g/mol. The zero-order chi connectivity index (χ0) is 21.1. The van der Waals surface area contributed by atoms with Crippen LogP contribution in [0, 0.1) is 0 Å². The smallest absolute Gasteiger partial charge is 0.264 e. The van der Waals surface area contributed by atoms with Gasteiger partial charge in [-0.3, -0.25) is 9.10 Å². The van der Waals surface area contributed by atoms with E-state index in [1.807, 2.05) is 24.3 Å². The number of fused-ring (bicyclic) bond motifs is 1. The first-order chi connectivity index (χ1) is 14.5. The number of benzene rings is 2. The zero-order valence-corrected chi connectivity index (χ0v) is 17.8. The lowest BCUT2D eigenvalue weighted by atomic mass is 10.0. The van der Waals surface area contributed by atoms with Crippen molar-refractivity contribution in [3.05, 3.63) is 54.1 Å². The first-order valence-corrected chi connectivity index (χ1v) is 11.6. The van der Waals surface area contributed by atoms with Crippen LogP contribution >= 0.6 is 0 Å². The van der Waals surface area contributed by atoms with Crippen LogP contribution < -0.4 is 9.04 Å². The van der Waals surface area contributed by atoms with Gasteiger partial charge in [-0.2, -0.15) is 0 Å². The quantitative estimate of drug-likeness (QED) is 0.728. The van der Waals surface area contributed by atoms with Crippen LogP contribution in [0.1, 0.15) is 18.9 Å². The Labute approximate surface area is 177 Å². The van der Waals surface area contributed by atoms with Gasteiger partial charge in [-0.25, -0.2) is 8.42 Å². The van der Waals surface area contributed by atoms with Gasteiger partial charge >= 0.3 is 0 Å². The monoisotopic (exact) mass is 430 g/mol. The first kappa shape index (κ1) is 20.7. The lowest BCUT2D eigenvalue weighted by Gasteiger charge is -2.30. The van der Waals surface area contributed by atoms with Gasteiger partial charge in [-0.15, -0.1) is 0 Å². The Kier molecular flexibility index (Phi) is 5.97. The minimum atomic E-state index is -3.67. The van der Waals surface area contributed by atoms with Gasteiger partial charge in [0.15, 0.2) is 6.10 Å². The highest BCUT2D eigenvalue weighted by atomic mass is 32.2. The van der Waals surface area contributed by atoms with Crippen molar-refractivity contribution >= 4 is 21.6 Å². The van der Waals surface area contributed by atoms with E-state index in [0.29, 0.717) is 38.6 Å². The number of hydrogen-bond donors (Lipinski definition) is 0. The standard InChI is InChI=1S/C22H26N2O5S/c1-17(22(25)23-13-15-28-16-14-23)29-19-8-10-20(11-9-19)30(26,27)24-12-4-6-18-5-2-3-7-21(18)24/h2-3,5,7-11,17H,4,6,12-16H2,1H3/t17-/m0/s1. The molecule has 2 aromatic carbocycles. The Bertz CT molecular complexity index is 1000. The maximum atomic E-state index is 13.2. The van der Waals surface area contributed by atoms with Crippen LogP contribution in [-0.2, 0) is 26.0 Å². The molecular formula is C22H26N2O5S. The molecule has 0 N–H and O–H groups in total. The lowest BCUT2D eigenvalue weighted by Crippen LogP contribution is -2.46. The summed E-state index contributed by atoms with van der Waals surface area (Å²) in [5.41, 5.74) is 1.79. The molecule has 1 amide bonds. The van der Waals surface area contributed by atoms with Gasteiger partial charge in [-0.1, -0.05) is 18.2 Å². The van der Waals surface area contributed by atoms with Gasteiger partial charge < -0.3 is 14.4 Å². The fourth-order valence-corrected chi connectivity index (χ4v) is 5.40. The minimum Gasteiger partial charge on any atom is -0.481 e. The molecule has 0 radical (unpaired) electrons. The van der Waals surface area contributed by atoms with Crippen LogP contribution in [0.5, 0.6) is 5.75 Å². The molecule has 2 aromatic rings. The third-order valence-corrected chi connectivity index (χ3v) is 7.29. The maximum absolute atomic E-state index is 13.2. The number of sulfonamides is 1. The van der Waals surface area contributed by atoms with Gasteiger partial charge in [-0.05, 0) is 55.7 Å². The van der Waals surface area contributed by atoms with Gasteiger partial charge in [0.05, 0.1) is 23.8 Å². The van der Waals surface area contributed by atoms with Crippen LogP contribution in [0.3, 0.4) is 0 Å². The number of morpholine rings is 1. The normalized spacial score (nSPS) is 17.9. The van der Waals surface area contributed by atoms with Crippen LogP contribution in [0.4, 0.5) is 5.69 Å². The molecule has 2 aliphatic rings. The maximum Gasteiger partial charge on any atom is 0.264 e. The second-order valence-corrected chi connectivity index (χ2v) is 9.34. The molecule has 0 unspecified atom stereocenters. The van der Waals surface area contributed by atoms with Gasteiger partial charge in [0.2, 0.25) is 0 Å². The highest BCUT2D eigenvalue weighted by Gasteiger charge is 2.29. The van der Waals surface area contributed by atoms with Crippen molar-refractivity contribution in [1.82, 2.24) is 4.90 Å². The highest BCUT2D eigenvalue weighted by Crippen LogP contribution is 2.32. The molecule has 0 bridgehead atoms. The number of para-hydroxylation sites is 1. The summed E-state index contributed by atoms with van der Waals surface area (Å²) in [6.07, 6.45) is 1.02. The van der Waals surface area contributed by atoms with E-state index >= 15 is 0 Å². The van der Waals surface area contributed by atoms with E-state index in [1.54, 1.807) is 24.0 Å². The van der Waals surface area contributed by atoms with E-state index in [0.717, 1.165) is 24.1 Å². The summed E-state index contributed by atoms with van der Waals surface area (Å²) in [5, 5.41) is 0. The summed E-state index contributed by atoms with van der Waals surface area (Å²) in [5.74, 6) is 0.363. The second kappa shape index (κ2) is 8.65. The Morgan fingerprint density at radius 2 is 1.73 bits per heavy atom. The largest absolute Gasteiger partial charge is 0.481 e. The van der Waals surface area contributed by atoms with E-state index in [4.69, 9.17) is 9.47 Å². The molecule has 160 valence electrons. The summed E-state index contributed by atoms with van der Waals surface area (Å²) in [7, 11) is -3.67. The van der Waals surface area contributed by atoms with Crippen LogP contribution in [0.25, 0.3) is 0 Å². The summed E-state index contributed by atoms with van der Waals surface area (Å²) < 4.78 is 38.9. The molecule has 2 heterocycles. The van der Waals surface area contributed by atoms with Gasteiger partial charge in [0, 0.05) is 19.6 Å². The van der Waals surface area contributed by atoms with Gasteiger partial charge in [0.25, 0.3) is 15.9 Å². The summed E-state index contributed by atoms with van der Waals surface area (Å²) in [4.78, 5) is 14.4. The molecule has 30 heavy (non-hydrogen) atoms. The fourth-order valence-electron chi connectivity index (χ4n) is 3.86. The molecule has 0 spiro atoms. The third-order valence-electron chi connectivity index (χ3n) is 5.46.